The molecule has 2 saturated heterocycles. The van der Waals surface area contributed by atoms with E-state index in [0.717, 1.165) is 38.8 Å². The highest BCUT2D eigenvalue weighted by Gasteiger charge is 2.30. The maximum atomic E-state index is 12.4. The highest BCUT2D eigenvalue weighted by atomic mass is 16.3. The molecule has 1 aromatic rings. The predicted octanol–water partition coefficient (Wildman–Crippen LogP) is -0.200. The number of hydrogen-bond donors (Lipinski definition) is 2. The van der Waals surface area contributed by atoms with Crippen LogP contribution < -0.4 is 5.32 Å². The van der Waals surface area contributed by atoms with E-state index in [1.807, 2.05) is 4.68 Å². The van der Waals surface area contributed by atoms with Crippen LogP contribution in [-0.4, -0.2) is 63.2 Å². The van der Waals surface area contributed by atoms with Crippen LogP contribution in [0.15, 0.2) is 6.20 Å². The smallest absolute Gasteiger partial charge is 0.276 e. The third-order valence-electron chi connectivity index (χ3n) is 4.26. The lowest BCUT2D eigenvalue weighted by molar-refractivity contribution is 0.0671. The second-order valence-electron chi connectivity index (χ2n) is 5.54. The maximum absolute atomic E-state index is 12.4. The number of aliphatic hydroxyl groups is 1. The minimum absolute atomic E-state index is 0.0220. The normalized spacial score (nSPS) is 24.2. The van der Waals surface area contributed by atoms with E-state index < -0.39 is 0 Å². The Morgan fingerprint density at radius 1 is 1.40 bits per heavy atom. The monoisotopic (exact) mass is 279 g/mol. The summed E-state index contributed by atoms with van der Waals surface area (Å²) in [6, 6.07) is 0.268. The second-order valence-corrected chi connectivity index (χ2v) is 5.54. The van der Waals surface area contributed by atoms with E-state index in [4.69, 9.17) is 0 Å². The van der Waals surface area contributed by atoms with Crippen LogP contribution in [0.5, 0.6) is 0 Å². The van der Waals surface area contributed by atoms with Crippen LogP contribution in [0.4, 0.5) is 0 Å². The van der Waals surface area contributed by atoms with Crippen molar-refractivity contribution in [2.45, 2.75) is 37.8 Å². The molecule has 0 spiro atoms. The van der Waals surface area contributed by atoms with E-state index >= 15 is 0 Å². The Morgan fingerprint density at radius 3 is 2.95 bits per heavy atom. The summed E-state index contributed by atoms with van der Waals surface area (Å²) in [5.74, 6) is -0.110. The first-order valence-electron chi connectivity index (χ1n) is 7.34. The number of amides is 1. The first kappa shape index (κ1) is 13.5. The van der Waals surface area contributed by atoms with Gasteiger partial charge in [0.15, 0.2) is 5.69 Å². The van der Waals surface area contributed by atoms with Crippen molar-refractivity contribution in [1.82, 2.24) is 25.2 Å². The quantitative estimate of drug-likeness (QED) is 0.800. The molecule has 2 aliphatic heterocycles. The first-order chi connectivity index (χ1) is 9.79. The summed E-state index contributed by atoms with van der Waals surface area (Å²) in [6.45, 7) is 2.68. The largest absolute Gasteiger partial charge is 0.394 e. The molecule has 0 bridgehead atoms. The number of rotatable bonds is 3. The zero-order valence-electron chi connectivity index (χ0n) is 11.5. The van der Waals surface area contributed by atoms with Crippen LogP contribution in [0.2, 0.25) is 0 Å². The summed E-state index contributed by atoms with van der Waals surface area (Å²) in [5.41, 5.74) is 0.392. The third-order valence-corrected chi connectivity index (χ3v) is 4.26. The van der Waals surface area contributed by atoms with E-state index in [-0.39, 0.29) is 18.6 Å². The Bertz CT molecular complexity index is 469. The molecular formula is C13H21N5O2. The average molecular weight is 279 g/mol. The number of nitrogens with one attached hydrogen (secondary N) is 1. The van der Waals surface area contributed by atoms with Gasteiger partial charge in [-0.3, -0.25) is 4.79 Å². The number of likely N-dealkylation sites (tertiary alicyclic amines) is 1. The third kappa shape index (κ3) is 2.55. The molecule has 3 heterocycles. The maximum Gasteiger partial charge on any atom is 0.276 e. The lowest BCUT2D eigenvalue weighted by atomic mass is 10.1. The molecule has 1 amide bonds. The number of carbonyl (C=O) groups excluding carboxylic acids is 1. The van der Waals surface area contributed by atoms with Crippen molar-refractivity contribution in [3.05, 3.63) is 11.9 Å². The van der Waals surface area contributed by atoms with Crippen molar-refractivity contribution in [3.8, 4) is 0 Å². The Hall–Kier alpha value is -1.47. The number of hydrogen-bond acceptors (Lipinski definition) is 5. The number of nitrogens with zero attached hydrogens (tertiary/aromatic N) is 4. The summed E-state index contributed by atoms with van der Waals surface area (Å²) in [4.78, 5) is 14.1. The Labute approximate surface area is 117 Å². The van der Waals surface area contributed by atoms with Gasteiger partial charge in [-0.05, 0) is 38.8 Å². The molecular weight excluding hydrogens is 258 g/mol. The molecule has 2 N–H and O–H groups in total. The fraction of sp³-hybridized carbons (Fsp3) is 0.769. The van der Waals surface area contributed by atoms with Gasteiger partial charge in [0.25, 0.3) is 5.91 Å². The molecule has 0 radical (unpaired) electrons. The molecule has 0 saturated carbocycles. The Morgan fingerprint density at radius 2 is 2.20 bits per heavy atom. The first-order valence-corrected chi connectivity index (χ1v) is 7.34. The lowest BCUT2D eigenvalue weighted by Gasteiger charge is -2.22. The van der Waals surface area contributed by atoms with Gasteiger partial charge in [0, 0.05) is 6.54 Å². The lowest BCUT2D eigenvalue weighted by Crippen LogP contribution is -2.37. The van der Waals surface area contributed by atoms with Crippen molar-refractivity contribution in [2.24, 2.45) is 0 Å². The van der Waals surface area contributed by atoms with E-state index in [2.05, 4.69) is 15.6 Å². The molecule has 110 valence electrons. The van der Waals surface area contributed by atoms with E-state index in [0.29, 0.717) is 18.3 Å². The van der Waals surface area contributed by atoms with Gasteiger partial charge in [0.2, 0.25) is 0 Å². The van der Waals surface area contributed by atoms with E-state index in [1.165, 1.54) is 0 Å². The van der Waals surface area contributed by atoms with Gasteiger partial charge in [-0.2, -0.15) is 0 Å². The highest BCUT2D eigenvalue weighted by Crippen LogP contribution is 2.21. The van der Waals surface area contributed by atoms with Gasteiger partial charge in [-0.15, -0.1) is 5.10 Å². The van der Waals surface area contributed by atoms with Crippen LogP contribution in [0.1, 0.15) is 42.2 Å². The van der Waals surface area contributed by atoms with Crippen LogP contribution in [0, 0.1) is 0 Å². The average Bonchev–Trinajstić information content (AvgIpc) is 3.16. The summed E-state index contributed by atoms with van der Waals surface area (Å²) < 4.78 is 1.82. The molecule has 0 unspecified atom stereocenters. The molecule has 7 heteroatoms. The van der Waals surface area contributed by atoms with Crippen LogP contribution in [-0.2, 0) is 0 Å². The van der Waals surface area contributed by atoms with Crippen LogP contribution in [0.3, 0.4) is 0 Å². The molecule has 20 heavy (non-hydrogen) atoms. The number of carbonyl (C=O) groups is 1. The van der Waals surface area contributed by atoms with E-state index in [1.54, 1.807) is 11.1 Å². The summed E-state index contributed by atoms with van der Waals surface area (Å²) in [7, 11) is 0. The topological polar surface area (TPSA) is 83.3 Å². The molecule has 7 nitrogen and oxygen atoms in total. The molecule has 2 fully saturated rings. The van der Waals surface area contributed by atoms with Crippen molar-refractivity contribution >= 4 is 5.91 Å². The molecule has 2 aliphatic rings. The summed E-state index contributed by atoms with van der Waals surface area (Å²) in [5, 5.41) is 20.7. The minimum Gasteiger partial charge on any atom is -0.394 e. The van der Waals surface area contributed by atoms with Gasteiger partial charge in [0.05, 0.1) is 24.9 Å². The predicted molar refractivity (Wildman–Crippen MR) is 72.3 cm³/mol. The molecule has 0 aliphatic carbocycles. The van der Waals surface area contributed by atoms with Gasteiger partial charge >= 0.3 is 0 Å². The zero-order valence-corrected chi connectivity index (χ0v) is 11.5. The summed E-state index contributed by atoms with van der Waals surface area (Å²) in [6.07, 6.45) is 5.59. The number of aliphatic hydroxyl groups excluding tert-OH is 1. The number of aromatic nitrogens is 3. The number of piperidine rings is 1. The fourth-order valence-electron chi connectivity index (χ4n) is 3.06. The molecule has 1 aromatic heterocycles. The van der Waals surface area contributed by atoms with Gasteiger partial charge < -0.3 is 15.3 Å². The van der Waals surface area contributed by atoms with E-state index in [9.17, 15) is 9.90 Å². The SMILES string of the molecule is O=C(c1cn(C2CCNCC2)nn1)N1CCC[C@@H]1CO. The second kappa shape index (κ2) is 5.88. The molecule has 3 rings (SSSR count). The molecule has 0 aromatic carbocycles. The highest BCUT2D eigenvalue weighted by molar-refractivity contribution is 5.92. The van der Waals surface area contributed by atoms with Crippen molar-refractivity contribution in [3.63, 3.8) is 0 Å². The van der Waals surface area contributed by atoms with Gasteiger partial charge in [0.1, 0.15) is 0 Å². The van der Waals surface area contributed by atoms with Crippen LogP contribution >= 0.6 is 0 Å². The van der Waals surface area contributed by atoms with Crippen molar-refractivity contribution < 1.29 is 9.90 Å². The minimum atomic E-state index is -0.110. The molecule has 1 atom stereocenters. The summed E-state index contributed by atoms with van der Waals surface area (Å²) >= 11 is 0. The van der Waals surface area contributed by atoms with Gasteiger partial charge in [-0.25, -0.2) is 4.68 Å². The van der Waals surface area contributed by atoms with Gasteiger partial charge in [-0.1, -0.05) is 5.21 Å². The zero-order chi connectivity index (χ0) is 13.9. The standard InChI is InChI=1S/C13H21N5O2/c19-9-11-2-1-7-17(11)13(20)12-8-18(16-15-12)10-3-5-14-6-4-10/h8,10-11,14,19H,1-7,9H2/t11-/m1/s1. The van der Waals surface area contributed by atoms with Crippen molar-refractivity contribution in [1.29, 1.82) is 0 Å². The Balaban J connectivity index is 1.71. The van der Waals surface area contributed by atoms with Crippen LogP contribution in [0.25, 0.3) is 0 Å². The Kier molecular flexibility index (Phi) is 3.98. The fourth-order valence-corrected chi connectivity index (χ4v) is 3.06. The van der Waals surface area contributed by atoms with Crippen molar-refractivity contribution in [2.75, 3.05) is 26.2 Å².